The summed E-state index contributed by atoms with van der Waals surface area (Å²) >= 11 is 0. The van der Waals surface area contributed by atoms with Crippen LogP contribution in [-0.2, 0) is 14.2 Å². The van der Waals surface area contributed by atoms with Gasteiger partial charge in [-0.1, -0.05) is 0 Å². The highest BCUT2D eigenvalue weighted by molar-refractivity contribution is 5.88. The van der Waals surface area contributed by atoms with Crippen molar-refractivity contribution in [2.24, 2.45) is 0 Å². The molecule has 42 heavy (non-hydrogen) atoms. The minimum absolute atomic E-state index is 0.103. The largest absolute Gasteiger partial charge is 0.508 e. The summed E-state index contributed by atoms with van der Waals surface area (Å²) in [6.07, 6.45) is -15.8. The van der Waals surface area contributed by atoms with E-state index in [-0.39, 0.29) is 28.0 Å². The minimum atomic E-state index is -1.94. The van der Waals surface area contributed by atoms with Crippen LogP contribution in [0.25, 0.3) is 22.3 Å². The summed E-state index contributed by atoms with van der Waals surface area (Å²) in [7, 11) is 0. The molecule has 0 amide bonds. The van der Waals surface area contributed by atoms with Crippen LogP contribution in [0.15, 0.2) is 45.6 Å². The lowest BCUT2D eigenvalue weighted by Crippen LogP contribution is -2.62. The Hall–Kier alpha value is -3.51. The normalized spacial score (nSPS) is 32.2. The van der Waals surface area contributed by atoms with Crippen molar-refractivity contribution in [2.45, 2.75) is 68.3 Å². The maximum atomic E-state index is 13.5. The van der Waals surface area contributed by atoms with E-state index in [0.29, 0.717) is 0 Å². The summed E-state index contributed by atoms with van der Waals surface area (Å²) in [6.45, 7) is 0.513. The van der Waals surface area contributed by atoms with Crippen molar-refractivity contribution in [3.8, 4) is 34.3 Å². The van der Waals surface area contributed by atoms with Gasteiger partial charge in [0.25, 0.3) is 0 Å². The van der Waals surface area contributed by atoms with Crippen LogP contribution in [0.1, 0.15) is 6.92 Å². The smallest absolute Gasteiger partial charge is 0.239 e. The lowest BCUT2D eigenvalue weighted by molar-refractivity contribution is -0.315. The molecule has 2 aromatic carbocycles. The summed E-state index contributed by atoms with van der Waals surface area (Å²) in [6, 6.07) is 7.33. The highest BCUT2D eigenvalue weighted by Crippen LogP contribution is 2.38. The van der Waals surface area contributed by atoms with Gasteiger partial charge in [0.2, 0.25) is 17.5 Å². The van der Waals surface area contributed by atoms with Gasteiger partial charge < -0.3 is 69.3 Å². The summed E-state index contributed by atoms with van der Waals surface area (Å²) in [5.41, 5.74) is -0.955. The zero-order valence-corrected chi connectivity index (χ0v) is 21.9. The van der Waals surface area contributed by atoms with E-state index in [1.165, 1.54) is 31.2 Å². The Bertz CT molecular complexity index is 1470. The highest BCUT2D eigenvalue weighted by Gasteiger charge is 2.52. The molecule has 1 aromatic heterocycles. The van der Waals surface area contributed by atoms with E-state index < -0.39 is 90.7 Å². The quantitative estimate of drug-likeness (QED) is 0.153. The summed E-state index contributed by atoms with van der Waals surface area (Å²) in [4.78, 5) is 13.5. The third kappa shape index (κ3) is 5.37. The number of ether oxygens (including phenoxy) is 4. The van der Waals surface area contributed by atoms with Gasteiger partial charge in [-0.2, -0.15) is 0 Å². The Balaban J connectivity index is 1.48. The Kier molecular flexibility index (Phi) is 8.30. The molecule has 10 unspecified atom stereocenters. The number of hydrogen-bond donors (Lipinski definition) is 9. The van der Waals surface area contributed by atoms with E-state index in [9.17, 15) is 50.8 Å². The number of phenolic OH excluding ortho intramolecular Hbond substituents is 3. The van der Waals surface area contributed by atoms with E-state index >= 15 is 0 Å². The van der Waals surface area contributed by atoms with Crippen molar-refractivity contribution in [3.05, 3.63) is 46.6 Å². The number of hydrogen-bond acceptors (Lipinski definition) is 15. The average Bonchev–Trinajstić information content (AvgIpc) is 3.22. The second kappa shape index (κ2) is 11.6. The molecule has 2 aliphatic heterocycles. The van der Waals surface area contributed by atoms with Gasteiger partial charge in [-0.3, -0.25) is 4.79 Å². The molecule has 0 saturated carbocycles. The monoisotopic (exact) mass is 594 g/mol. The molecule has 3 aromatic rings. The molecule has 2 aliphatic rings. The van der Waals surface area contributed by atoms with E-state index in [4.69, 9.17) is 23.4 Å². The Morgan fingerprint density at radius 3 is 2.17 bits per heavy atom. The van der Waals surface area contributed by atoms with Crippen LogP contribution < -0.4 is 10.2 Å². The maximum absolute atomic E-state index is 13.5. The van der Waals surface area contributed by atoms with Crippen molar-refractivity contribution in [2.75, 3.05) is 6.61 Å². The predicted molar refractivity (Wildman–Crippen MR) is 139 cm³/mol. The molecular formula is C27H30O15. The Morgan fingerprint density at radius 1 is 0.881 bits per heavy atom. The Labute approximate surface area is 236 Å². The fraction of sp³-hybridized carbons (Fsp3) is 0.444. The van der Waals surface area contributed by atoms with E-state index in [1.807, 2.05) is 0 Å². The fourth-order valence-corrected chi connectivity index (χ4v) is 4.95. The second-order valence-corrected chi connectivity index (χ2v) is 10.1. The van der Waals surface area contributed by atoms with Gasteiger partial charge in [0, 0.05) is 17.7 Å². The molecule has 2 saturated heterocycles. The molecule has 0 aliphatic carbocycles. The number of benzene rings is 2. The third-order valence-electron chi connectivity index (χ3n) is 7.13. The van der Waals surface area contributed by atoms with Gasteiger partial charge in [0.1, 0.15) is 70.9 Å². The molecule has 2 fully saturated rings. The molecule has 9 N–H and O–H groups in total. The SMILES string of the molecule is CC(O)C1OC(OC2C(CO)OC(Oc3c(-c4ccc(O)cc4)oc4cc(O)cc(O)c4c3=O)C(O)C2O)C(O)C1O. The van der Waals surface area contributed by atoms with Crippen LogP contribution in [0.5, 0.6) is 23.0 Å². The van der Waals surface area contributed by atoms with Crippen LogP contribution in [0.2, 0.25) is 0 Å². The lowest BCUT2D eigenvalue weighted by Gasteiger charge is -2.42. The van der Waals surface area contributed by atoms with Gasteiger partial charge in [-0.25, -0.2) is 0 Å². The van der Waals surface area contributed by atoms with Gasteiger partial charge in [-0.05, 0) is 31.2 Å². The zero-order chi connectivity index (χ0) is 30.5. The van der Waals surface area contributed by atoms with Crippen LogP contribution in [0, 0.1) is 0 Å². The average molecular weight is 595 g/mol. The summed E-state index contributed by atoms with van der Waals surface area (Å²) in [5, 5.41) is 91.6. The molecular weight excluding hydrogens is 564 g/mol. The number of aromatic hydroxyl groups is 3. The van der Waals surface area contributed by atoms with E-state index in [2.05, 4.69) is 0 Å². The fourth-order valence-electron chi connectivity index (χ4n) is 4.95. The first-order valence-corrected chi connectivity index (χ1v) is 12.9. The first-order chi connectivity index (χ1) is 19.9. The van der Waals surface area contributed by atoms with E-state index in [1.54, 1.807) is 0 Å². The summed E-state index contributed by atoms with van der Waals surface area (Å²) < 4.78 is 28.0. The van der Waals surface area contributed by atoms with Crippen molar-refractivity contribution in [1.82, 2.24) is 0 Å². The van der Waals surface area contributed by atoms with Crippen molar-refractivity contribution < 1.29 is 69.3 Å². The second-order valence-electron chi connectivity index (χ2n) is 10.1. The molecule has 10 atom stereocenters. The van der Waals surface area contributed by atoms with Crippen molar-refractivity contribution in [1.29, 1.82) is 0 Å². The number of aliphatic hydroxyl groups is 6. The number of fused-ring (bicyclic) bond motifs is 1. The molecule has 15 heteroatoms. The molecule has 15 nitrogen and oxygen atoms in total. The highest BCUT2D eigenvalue weighted by atomic mass is 16.7. The first-order valence-electron chi connectivity index (χ1n) is 12.9. The molecule has 228 valence electrons. The summed E-state index contributed by atoms with van der Waals surface area (Å²) in [5.74, 6) is -1.97. The minimum Gasteiger partial charge on any atom is -0.508 e. The van der Waals surface area contributed by atoms with Crippen LogP contribution in [-0.4, -0.2) is 114 Å². The Morgan fingerprint density at radius 2 is 1.55 bits per heavy atom. The number of phenols is 3. The molecule has 5 rings (SSSR count). The van der Waals surface area contributed by atoms with E-state index in [0.717, 1.165) is 12.1 Å². The van der Waals surface area contributed by atoms with Gasteiger partial charge in [0.05, 0.1) is 12.7 Å². The number of rotatable bonds is 7. The lowest BCUT2D eigenvalue weighted by atomic mass is 9.98. The van der Waals surface area contributed by atoms with Gasteiger partial charge in [0.15, 0.2) is 12.1 Å². The van der Waals surface area contributed by atoms with Crippen molar-refractivity contribution in [3.63, 3.8) is 0 Å². The topological polar surface area (TPSA) is 249 Å². The molecule has 0 radical (unpaired) electrons. The predicted octanol–water partition coefficient (Wildman–Crippen LogP) is -1.39. The van der Waals surface area contributed by atoms with Crippen LogP contribution in [0.3, 0.4) is 0 Å². The number of aliphatic hydroxyl groups excluding tert-OH is 6. The molecule has 0 spiro atoms. The zero-order valence-electron chi connectivity index (χ0n) is 21.9. The molecule has 3 heterocycles. The standard InChI is InChI=1S/C27H30O15/c1-9(29)22-18(34)20(36)27(40-22)41-24-15(8-28)39-26(21(37)19(24)35)42-25-17(33)16-13(32)6-12(31)7-14(16)38-23(25)10-2-4-11(30)5-3-10/h2-7,9,15,18-22,24,26-32,34-37H,8H2,1H3. The first kappa shape index (κ1) is 30.0. The third-order valence-corrected chi connectivity index (χ3v) is 7.13. The van der Waals surface area contributed by atoms with Crippen LogP contribution in [0.4, 0.5) is 0 Å². The van der Waals surface area contributed by atoms with Gasteiger partial charge in [-0.15, -0.1) is 0 Å². The maximum Gasteiger partial charge on any atom is 0.239 e. The van der Waals surface area contributed by atoms with Gasteiger partial charge >= 0.3 is 0 Å². The van der Waals surface area contributed by atoms with Crippen LogP contribution >= 0.6 is 0 Å². The van der Waals surface area contributed by atoms with Crippen molar-refractivity contribution >= 4 is 11.0 Å². The molecule has 0 bridgehead atoms.